The summed E-state index contributed by atoms with van der Waals surface area (Å²) in [6.07, 6.45) is 0. The number of benzene rings is 2. The quantitative estimate of drug-likeness (QED) is 0.348. The molecule has 0 heterocycles. The second kappa shape index (κ2) is 10.2. The number of esters is 1. The number of halogens is 1. The summed E-state index contributed by atoms with van der Waals surface area (Å²) in [6, 6.07) is 7.44. The molecule has 30 heavy (non-hydrogen) atoms. The van der Waals surface area contributed by atoms with Gasteiger partial charge in [-0.3, -0.25) is 14.9 Å². The minimum absolute atomic E-state index is 0.0876. The zero-order valence-corrected chi connectivity index (χ0v) is 16.7. The van der Waals surface area contributed by atoms with Crippen molar-refractivity contribution in [3.63, 3.8) is 0 Å². The van der Waals surface area contributed by atoms with Gasteiger partial charge in [0.15, 0.2) is 18.1 Å². The van der Waals surface area contributed by atoms with E-state index in [0.717, 1.165) is 12.1 Å². The minimum atomic E-state index is -1.06. The van der Waals surface area contributed by atoms with Crippen molar-refractivity contribution in [2.24, 2.45) is 0 Å². The van der Waals surface area contributed by atoms with Gasteiger partial charge in [0.1, 0.15) is 11.4 Å². The van der Waals surface area contributed by atoms with Gasteiger partial charge in [-0.1, -0.05) is 0 Å². The SMILES string of the molecule is CCOc1cc(C(=O)OCC(=O)N(CC)c2ccc(F)cc2)c([N+](=O)[O-])cc1OC. The van der Waals surface area contributed by atoms with E-state index < -0.39 is 34.9 Å². The number of hydrogen-bond acceptors (Lipinski definition) is 7. The van der Waals surface area contributed by atoms with E-state index >= 15 is 0 Å². The van der Waals surface area contributed by atoms with Gasteiger partial charge in [0.25, 0.3) is 11.6 Å². The van der Waals surface area contributed by atoms with Gasteiger partial charge >= 0.3 is 5.97 Å². The van der Waals surface area contributed by atoms with Gasteiger partial charge in [-0.05, 0) is 38.1 Å². The number of methoxy groups -OCH3 is 1. The molecule has 0 fully saturated rings. The summed E-state index contributed by atoms with van der Waals surface area (Å²) >= 11 is 0. The molecule has 0 saturated carbocycles. The van der Waals surface area contributed by atoms with Gasteiger partial charge in [0.05, 0.1) is 24.7 Å². The van der Waals surface area contributed by atoms with Crippen LogP contribution >= 0.6 is 0 Å². The molecule has 2 aromatic rings. The van der Waals surface area contributed by atoms with E-state index in [2.05, 4.69) is 0 Å². The molecule has 10 heteroatoms. The molecule has 0 bridgehead atoms. The zero-order valence-electron chi connectivity index (χ0n) is 16.7. The maximum absolute atomic E-state index is 13.1. The number of nitro groups is 1. The summed E-state index contributed by atoms with van der Waals surface area (Å²) in [6.45, 7) is 3.23. The number of ether oxygens (including phenoxy) is 3. The molecule has 0 spiro atoms. The lowest BCUT2D eigenvalue weighted by Crippen LogP contribution is -2.34. The lowest BCUT2D eigenvalue weighted by molar-refractivity contribution is -0.385. The molecule has 0 saturated heterocycles. The molecule has 0 aliphatic carbocycles. The first-order valence-corrected chi connectivity index (χ1v) is 9.04. The molecule has 9 nitrogen and oxygen atoms in total. The van der Waals surface area contributed by atoms with E-state index in [0.29, 0.717) is 5.69 Å². The fourth-order valence-corrected chi connectivity index (χ4v) is 2.70. The molecule has 0 unspecified atom stereocenters. The minimum Gasteiger partial charge on any atom is -0.493 e. The largest absolute Gasteiger partial charge is 0.493 e. The van der Waals surface area contributed by atoms with Crippen LogP contribution in [0.5, 0.6) is 11.5 Å². The molecule has 0 N–H and O–H groups in total. The van der Waals surface area contributed by atoms with Crippen LogP contribution in [0.3, 0.4) is 0 Å². The summed E-state index contributed by atoms with van der Waals surface area (Å²) in [5.41, 5.74) is -0.491. The highest BCUT2D eigenvalue weighted by Gasteiger charge is 2.27. The Hall–Kier alpha value is -3.69. The average molecular weight is 420 g/mol. The van der Waals surface area contributed by atoms with Crippen LogP contribution in [-0.2, 0) is 9.53 Å². The van der Waals surface area contributed by atoms with Crippen LogP contribution in [0.1, 0.15) is 24.2 Å². The monoisotopic (exact) mass is 420 g/mol. The van der Waals surface area contributed by atoms with Crippen molar-refractivity contribution in [3.8, 4) is 11.5 Å². The summed E-state index contributed by atoms with van der Waals surface area (Å²) in [5, 5.41) is 11.4. The second-order valence-electron chi connectivity index (χ2n) is 5.90. The van der Waals surface area contributed by atoms with Gasteiger partial charge in [-0.2, -0.15) is 0 Å². The van der Waals surface area contributed by atoms with Crippen LogP contribution in [0.4, 0.5) is 15.8 Å². The van der Waals surface area contributed by atoms with Crippen molar-refractivity contribution in [1.29, 1.82) is 0 Å². The van der Waals surface area contributed by atoms with Crippen molar-refractivity contribution in [3.05, 3.63) is 57.9 Å². The fraction of sp³-hybridized carbons (Fsp3) is 0.300. The number of nitro benzene ring substituents is 1. The highest BCUT2D eigenvalue weighted by atomic mass is 19.1. The van der Waals surface area contributed by atoms with Crippen LogP contribution in [0.25, 0.3) is 0 Å². The number of anilines is 1. The highest BCUT2D eigenvalue weighted by molar-refractivity contribution is 5.99. The van der Waals surface area contributed by atoms with Gasteiger partial charge in [-0.25, -0.2) is 9.18 Å². The van der Waals surface area contributed by atoms with Crippen molar-refractivity contribution in [2.75, 3.05) is 31.8 Å². The van der Waals surface area contributed by atoms with Gasteiger partial charge in [0.2, 0.25) is 0 Å². The van der Waals surface area contributed by atoms with Crippen LogP contribution in [-0.4, -0.2) is 43.7 Å². The topological polar surface area (TPSA) is 108 Å². The summed E-state index contributed by atoms with van der Waals surface area (Å²) in [5.74, 6) is -1.87. The predicted molar refractivity (Wildman–Crippen MR) is 106 cm³/mol. The first-order chi connectivity index (χ1) is 14.3. The Morgan fingerprint density at radius 2 is 1.80 bits per heavy atom. The summed E-state index contributed by atoms with van der Waals surface area (Å²) < 4.78 is 28.5. The third kappa shape index (κ3) is 5.22. The van der Waals surface area contributed by atoms with Gasteiger partial charge in [0, 0.05) is 18.3 Å². The Morgan fingerprint density at radius 1 is 1.13 bits per heavy atom. The third-order valence-corrected chi connectivity index (χ3v) is 4.08. The lowest BCUT2D eigenvalue weighted by Gasteiger charge is -2.21. The van der Waals surface area contributed by atoms with Gasteiger partial charge < -0.3 is 19.1 Å². The Morgan fingerprint density at radius 3 is 2.33 bits per heavy atom. The molecule has 160 valence electrons. The number of likely N-dealkylation sites (N-methyl/N-ethyl adjacent to an activating group) is 1. The Labute approximate surface area is 172 Å². The highest BCUT2D eigenvalue weighted by Crippen LogP contribution is 2.35. The molecule has 0 aliphatic rings. The predicted octanol–water partition coefficient (Wildman–Crippen LogP) is 3.35. The second-order valence-corrected chi connectivity index (χ2v) is 5.90. The normalized spacial score (nSPS) is 10.3. The molecular formula is C20H21FN2O7. The number of rotatable bonds is 9. The summed E-state index contributed by atoms with van der Waals surface area (Å²) in [4.78, 5) is 36.8. The van der Waals surface area contributed by atoms with Crippen molar-refractivity contribution < 1.29 is 33.1 Å². The lowest BCUT2D eigenvalue weighted by atomic mass is 10.1. The molecule has 0 aromatic heterocycles. The zero-order chi connectivity index (χ0) is 22.3. The average Bonchev–Trinajstić information content (AvgIpc) is 2.73. The molecule has 0 atom stereocenters. The number of carbonyl (C=O) groups is 2. The molecule has 2 rings (SSSR count). The molecule has 2 aromatic carbocycles. The number of nitrogens with zero attached hydrogens (tertiary/aromatic N) is 2. The maximum Gasteiger partial charge on any atom is 0.345 e. The van der Waals surface area contributed by atoms with E-state index in [9.17, 15) is 24.1 Å². The first-order valence-electron chi connectivity index (χ1n) is 9.04. The van der Waals surface area contributed by atoms with Crippen LogP contribution < -0.4 is 14.4 Å². The molecule has 0 radical (unpaired) electrons. The Balaban J connectivity index is 2.21. The van der Waals surface area contributed by atoms with E-state index in [4.69, 9.17) is 14.2 Å². The number of hydrogen-bond donors (Lipinski definition) is 0. The smallest absolute Gasteiger partial charge is 0.345 e. The van der Waals surface area contributed by atoms with Crippen molar-refractivity contribution in [1.82, 2.24) is 0 Å². The number of amides is 1. The molecule has 0 aliphatic heterocycles. The third-order valence-electron chi connectivity index (χ3n) is 4.08. The Bertz CT molecular complexity index is 931. The number of carbonyl (C=O) groups excluding carboxylic acids is 2. The van der Waals surface area contributed by atoms with E-state index in [-0.39, 0.29) is 30.2 Å². The Kier molecular flexibility index (Phi) is 7.68. The van der Waals surface area contributed by atoms with Crippen molar-refractivity contribution in [2.45, 2.75) is 13.8 Å². The van der Waals surface area contributed by atoms with Crippen LogP contribution in [0.2, 0.25) is 0 Å². The van der Waals surface area contributed by atoms with E-state index in [1.165, 1.54) is 36.3 Å². The standard InChI is InChI=1S/C20H21FN2O7/c1-4-22(14-8-6-13(21)7-9-14)19(24)12-30-20(25)15-10-18(29-5-2)17(28-3)11-16(15)23(26)27/h6-11H,4-5,12H2,1-3H3. The fourth-order valence-electron chi connectivity index (χ4n) is 2.70. The molecule has 1 amide bonds. The molecular weight excluding hydrogens is 399 g/mol. The van der Waals surface area contributed by atoms with E-state index in [1.54, 1.807) is 13.8 Å². The maximum atomic E-state index is 13.1. The van der Waals surface area contributed by atoms with Crippen LogP contribution in [0.15, 0.2) is 36.4 Å². The van der Waals surface area contributed by atoms with Gasteiger partial charge in [-0.15, -0.1) is 0 Å². The van der Waals surface area contributed by atoms with Crippen LogP contribution in [0, 0.1) is 15.9 Å². The van der Waals surface area contributed by atoms with E-state index in [1.807, 2.05) is 0 Å². The van der Waals surface area contributed by atoms with Crippen molar-refractivity contribution >= 4 is 23.3 Å². The summed E-state index contributed by atoms with van der Waals surface area (Å²) in [7, 11) is 1.31. The first kappa shape index (κ1) is 22.6.